The van der Waals surface area contributed by atoms with Gasteiger partial charge in [-0.15, -0.1) is 0 Å². The molecule has 1 aliphatic heterocycles. The van der Waals surface area contributed by atoms with Gasteiger partial charge in [0.15, 0.2) is 0 Å². The number of amides is 2. The summed E-state index contributed by atoms with van der Waals surface area (Å²) in [5.41, 5.74) is 0.822. The molecule has 6 heteroatoms. The molecule has 1 fully saturated rings. The molecule has 102 valence electrons. The molecule has 0 aromatic heterocycles. The van der Waals surface area contributed by atoms with Crippen LogP contribution >= 0.6 is 23.2 Å². The van der Waals surface area contributed by atoms with Crippen molar-refractivity contribution in [3.8, 4) is 0 Å². The van der Waals surface area contributed by atoms with Crippen molar-refractivity contribution >= 4 is 35.0 Å². The van der Waals surface area contributed by atoms with Crippen molar-refractivity contribution in [2.45, 2.75) is 12.8 Å². The Hall–Kier alpha value is -1.26. The molecule has 1 heterocycles. The fourth-order valence-electron chi connectivity index (χ4n) is 1.95. The molecular weight excluding hydrogens is 287 g/mol. The number of nitrogens with one attached hydrogen (secondary N) is 1. The molecule has 19 heavy (non-hydrogen) atoms. The Balaban J connectivity index is 1.99. The maximum absolute atomic E-state index is 12.1. The third kappa shape index (κ3) is 3.85. The first kappa shape index (κ1) is 14.2. The molecule has 1 N–H and O–H groups in total. The van der Waals surface area contributed by atoms with Crippen molar-refractivity contribution in [2.75, 3.05) is 19.6 Å². The summed E-state index contributed by atoms with van der Waals surface area (Å²) < 4.78 is 0. The van der Waals surface area contributed by atoms with Crippen LogP contribution in [0.4, 0.5) is 0 Å². The van der Waals surface area contributed by atoms with E-state index in [0.29, 0.717) is 36.1 Å². The minimum Gasteiger partial charge on any atom is -0.354 e. The van der Waals surface area contributed by atoms with Gasteiger partial charge in [0.05, 0.1) is 16.5 Å². The summed E-state index contributed by atoms with van der Waals surface area (Å²) >= 11 is 11.7. The normalized spacial score (nSPS) is 15.9. The van der Waals surface area contributed by atoms with E-state index in [1.165, 1.54) is 0 Å². The van der Waals surface area contributed by atoms with Gasteiger partial charge >= 0.3 is 0 Å². The van der Waals surface area contributed by atoms with Crippen molar-refractivity contribution in [3.05, 3.63) is 33.8 Å². The van der Waals surface area contributed by atoms with Gasteiger partial charge in [-0.1, -0.05) is 29.3 Å². The average Bonchev–Trinajstić information content (AvgIpc) is 2.59. The Bertz CT molecular complexity index is 505. The van der Waals surface area contributed by atoms with Gasteiger partial charge in [0, 0.05) is 26.1 Å². The standard InChI is InChI=1S/C13H14Cl2N2O2/c14-10-2-1-9(7-11(10)15)8-13(19)17-5-3-12(18)16-4-6-17/h1-2,7H,3-6,8H2,(H,16,18). The highest BCUT2D eigenvalue weighted by Crippen LogP contribution is 2.23. The second-order valence-electron chi connectivity index (χ2n) is 4.41. The highest BCUT2D eigenvalue weighted by atomic mass is 35.5. The maximum atomic E-state index is 12.1. The van der Waals surface area contributed by atoms with Crippen molar-refractivity contribution in [1.82, 2.24) is 10.2 Å². The smallest absolute Gasteiger partial charge is 0.227 e. The van der Waals surface area contributed by atoms with Gasteiger partial charge in [-0.25, -0.2) is 0 Å². The summed E-state index contributed by atoms with van der Waals surface area (Å²) in [6, 6.07) is 5.16. The number of hydrogen-bond acceptors (Lipinski definition) is 2. The Kier molecular flexibility index (Phi) is 4.66. The second-order valence-corrected chi connectivity index (χ2v) is 5.22. The minimum absolute atomic E-state index is 0.00473. The van der Waals surface area contributed by atoms with Crippen LogP contribution in [0.2, 0.25) is 10.0 Å². The van der Waals surface area contributed by atoms with E-state index < -0.39 is 0 Å². The van der Waals surface area contributed by atoms with E-state index in [1.54, 1.807) is 23.1 Å². The summed E-state index contributed by atoms with van der Waals surface area (Å²) in [6.07, 6.45) is 0.623. The molecule has 0 atom stereocenters. The Morgan fingerprint density at radius 3 is 2.79 bits per heavy atom. The highest BCUT2D eigenvalue weighted by Gasteiger charge is 2.18. The molecule has 1 aromatic carbocycles. The van der Waals surface area contributed by atoms with E-state index in [1.807, 2.05) is 0 Å². The average molecular weight is 301 g/mol. The lowest BCUT2D eigenvalue weighted by molar-refractivity contribution is -0.130. The van der Waals surface area contributed by atoms with Crippen molar-refractivity contribution in [1.29, 1.82) is 0 Å². The van der Waals surface area contributed by atoms with E-state index in [-0.39, 0.29) is 18.2 Å². The fraction of sp³-hybridized carbons (Fsp3) is 0.385. The topological polar surface area (TPSA) is 49.4 Å². The maximum Gasteiger partial charge on any atom is 0.227 e. The molecule has 1 aliphatic rings. The first-order chi connectivity index (χ1) is 9.06. The quantitative estimate of drug-likeness (QED) is 0.907. The van der Waals surface area contributed by atoms with E-state index in [0.717, 1.165) is 5.56 Å². The Morgan fingerprint density at radius 1 is 1.26 bits per heavy atom. The lowest BCUT2D eigenvalue weighted by Gasteiger charge is -2.19. The molecule has 0 bridgehead atoms. The van der Waals surface area contributed by atoms with Crippen LogP contribution in [0.5, 0.6) is 0 Å². The molecule has 1 aromatic rings. The Labute approximate surface area is 121 Å². The number of halogens is 2. The summed E-state index contributed by atoms with van der Waals surface area (Å²) in [7, 11) is 0. The first-order valence-electron chi connectivity index (χ1n) is 6.04. The number of hydrogen-bond donors (Lipinski definition) is 1. The van der Waals surface area contributed by atoms with Gasteiger partial charge in [0.2, 0.25) is 11.8 Å². The van der Waals surface area contributed by atoms with E-state index in [4.69, 9.17) is 23.2 Å². The third-order valence-corrected chi connectivity index (χ3v) is 3.74. The van der Waals surface area contributed by atoms with Gasteiger partial charge in [-0.2, -0.15) is 0 Å². The second kappa shape index (κ2) is 6.26. The molecule has 0 spiro atoms. The zero-order valence-electron chi connectivity index (χ0n) is 10.3. The SMILES string of the molecule is O=C1CCN(C(=O)Cc2ccc(Cl)c(Cl)c2)CCN1. The Morgan fingerprint density at radius 2 is 2.05 bits per heavy atom. The van der Waals surface area contributed by atoms with Gasteiger partial charge in [-0.3, -0.25) is 9.59 Å². The predicted octanol–water partition coefficient (Wildman–Crippen LogP) is 1.88. The van der Waals surface area contributed by atoms with Crippen LogP contribution in [0.1, 0.15) is 12.0 Å². The van der Waals surface area contributed by atoms with Crippen molar-refractivity contribution in [2.24, 2.45) is 0 Å². The summed E-state index contributed by atoms with van der Waals surface area (Å²) in [5.74, 6) is -0.0141. The van der Waals surface area contributed by atoms with Gasteiger partial charge in [0.1, 0.15) is 0 Å². The van der Waals surface area contributed by atoms with Crippen LogP contribution in [0, 0.1) is 0 Å². The lowest BCUT2D eigenvalue weighted by Crippen LogP contribution is -2.35. The number of nitrogens with zero attached hydrogens (tertiary/aromatic N) is 1. The fourth-order valence-corrected chi connectivity index (χ4v) is 2.27. The summed E-state index contributed by atoms with van der Waals surface area (Å²) in [5, 5.41) is 3.66. The van der Waals surface area contributed by atoms with Crippen LogP contribution in [0.15, 0.2) is 18.2 Å². The van der Waals surface area contributed by atoms with Crippen LogP contribution in [0.25, 0.3) is 0 Å². The monoisotopic (exact) mass is 300 g/mol. The zero-order chi connectivity index (χ0) is 13.8. The van der Waals surface area contributed by atoms with Crippen LogP contribution < -0.4 is 5.32 Å². The number of rotatable bonds is 2. The molecule has 4 nitrogen and oxygen atoms in total. The van der Waals surface area contributed by atoms with E-state index in [2.05, 4.69) is 5.32 Å². The number of benzene rings is 1. The van der Waals surface area contributed by atoms with E-state index >= 15 is 0 Å². The van der Waals surface area contributed by atoms with Crippen molar-refractivity contribution < 1.29 is 9.59 Å². The van der Waals surface area contributed by atoms with E-state index in [9.17, 15) is 9.59 Å². The van der Waals surface area contributed by atoms with Crippen LogP contribution in [0.3, 0.4) is 0 Å². The number of carbonyl (C=O) groups excluding carboxylic acids is 2. The molecule has 1 saturated heterocycles. The number of carbonyl (C=O) groups is 2. The molecule has 0 radical (unpaired) electrons. The first-order valence-corrected chi connectivity index (χ1v) is 6.80. The van der Waals surface area contributed by atoms with Crippen LogP contribution in [-0.2, 0) is 16.0 Å². The molecule has 2 amide bonds. The van der Waals surface area contributed by atoms with Gasteiger partial charge < -0.3 is 10.2 Å². The minimum atomic E-state index is -0.00941. The molecule has 0 unspecified atom stereocenters. The van der Waals surface area contributed by atoms with Gasteiger partial charge in [-0.05, 0) is 17.7 Å². The highest BCUT2D eigenvalue weighted by molar-refractivity contribution is 6.42. The third-order valence-electron chi connectivity index (χ3n) is 3.00. The summed E-state index contributed by atoms with van der Waals surface area (Å²) in [6.45, 7) is 1.52. The zero-order valence-corrected chi connectivity index (χ0v) is 11.8. The largest absolute Gasteiger partial charge is 0.354 e. The summed E-state index contributed by atoms with van der Waals surface area (Å²) in [4.78, 5) is 25.0. The molecule has 0 aliphatic carbocycles. The van der Waals surface area contributed by atoms with Crippen LogP contribution in [-0.4, -0.2) is 36.3 Å². The predicted molar refractivity (Wildman–Crippen MR) is 74.4 cm³/mol. The lowest BCUT2D eigenvalue weighted by atomic mass is 10.1. The van der Waals surface area contributed by atoms with Crippen molar-refractivity contribution in [3.63, 3.8) is 0 Å². The van der Waals surface area contributed by atoms with Gasteiger partial charge in [0.25, 0.3) is 0 Å². The molecule has 0 saturated carbocycles. The molecular formula is C13H14Cl2N2O2. The molecule has 2 rings (SSSR count).